The number of carbonyl (C=O) groups is 1. The maximum atomic E-state index is 13.7. The molecule has 1 aliphatic heterocycles. The van der Waals surface area contributed by atoms with E-state index >= 15 is 0 Å². The highest BCUT2D eigenvalue weighted by molar-refractivity contribution is 6.31. The van der Waals surface area contributed by atoms with Gasteiger partial charge in [-0.25, -0.2) is 0 Å². The van der Waals surface area contributed by atoms with Crippen molar-refractivity contribution in [3.05, 3.63) is 109 Å². The van der Waals surface area contributed by atoms with Crippen LogP contribution in [0.25, 0.3) is 11.0 Å². The standard InChI is InChI=1S/C27H22ClNO4/c1-15-11-20-22(12-16(15)2)33-26-23(25(20)30)24(17-8-6-9-19(13-17)32-3)29(27(26)31)14-18-7-4-5-10-21(18)28/h4-13,24H,14H2,1-3H3/t24-/m0/s1. The van der Waals surface area contributed by atoms with Crippen LogP contribution in [0.1, 0.15) is 44.4 Å². The summed E-state index contributed by atoms with van der Waals surface area (Å²) in [5.41, 5.74) is 4.10. The van der Waals surface area contributed by atoms with E-state index in [0.29, 0.717) is 27.3 Å². The predicted octanol–water partition coefficient (Wildman–Crippen LogP) is 5.82. The van der Waals surface area contributed by atoms with Crippen molar-refractivity contribution < 1.29 is 13.9 Å². The average molecular weight is 460 g/mol. The van der Waals surface area contributed by atoms with E-state index in [0.717, 1.165) is 22.3 Å². The van der Waals surface area contributed by atoms with E-state index in [1.807, 2.05) is 68.4 Å². The van der Waals surface area contributed by atoms with Crippen molar-refractivity contribution >= 4 is 28.5 Å². The predicted molar refractivity (Wildman–Crippen MR) is 128 cm³/mol. The number of ether oxygens (including phenoxy) is 1. The molecule has 0 fully saturated rings. The van der Waals surface area contributed by atoms with Gasteiger partial charge in [0.1, 0.15) is 11.3 Å². The highest BCUT2D eigenvalue weighted by Gasteiger charge is 2.43. The first-order valence-corrected chi connectivity index (χ1v) is 11.0. The van der Waals surface area contributed by atoms with Crippen LogP contribution in [-0.2, 0) is 6.54 Å². The first-order chi connectivity index (χ1) is 15.9. The molecular formula is C27H22ClNO4. The largest absolute Gasteiger partial charge is 0.497 e. The van der Waals surface area contributed by atoms with Gasteiger partial charge in [0, 0.05) is 11.6 Å². The van der Waals surface area contributed by atoms with Crippen molar-refractivity contribution in [2.45, 2.75) is 26.4 Å². The van der Waals surface area contributed by atoms with Crippen LogP contribution in [0, 0.1) is 13.8 Å². The van der Waals surface area contributed by atoms with E-state index in [1.54, 1.807) is 18.1 Å². The van der Waals surface area contributed by atoms with Crippen molar-refractivity contribution in [2.24, 2.45) is 0 Å². The number of hydrogen-bond donors (Lipinski definition) is 0. The second kappa shape index (κ2) is 8.09. The molecule has 6 heteroatoms. The Bertz CT molecular complexity index is 1470. The van der Waals surface area contributed by atoms with Gasteiger partial charge in [0.05, 0.1) is 24.1 Å². The molecule has 3 aromatic carbocycles. The fraction of sp³-hybridized carbons (Fsp3) is 0.185. The molecule has 1 atom stereocenters. The van der Waals surface area contributed by atoms with Crippen LogP contribution >= 0.6 is 11.6 Å². The lowest BCUT2D eigenvalue weighted by atomic mass is 9.97. The van der Waals surface area contributed by atoms with E-state index < -0.39 is 6.04 Å². The van der Waals surface area contributed by atoms with Crippen molar-refractivity contribution in [2.75, 3.05) is 7.11 Å². The Hall–Kier alpha value is -3.57. The lowest BCUT2D eigenvalue weighted by Crippen LogP contribution is -2.29. The Morgan fingerprint density at radius 3 is 2.52 bits per heavy atom. The number of amides is 1. The fourth-order valence-corrected chi connectivity index (χ4v) is 4.60. The molecule has 0 saturated carbocycles. The van der Waals surface area contributed by atoms with Gasteiger partial charge in [0.25, 0.3) is 5.91 Å². The molecule has 5 rings (SSSR count). The van der Waals surface area contributed by atoms with Gasteiger partial charge in [-0.3, -0.25) is 9.59 Å². The van der Waals surface area contributed by atoms with Crippen LogP contribution < -0.4 is 10.2 Å². The van der Waals surface area contributed by atoms with Crippen LogP contribution in [0.5, 0.6) is 5.75 Å². The van der Waals surface area contributed by atoms with E-state index in [4.69, 9.17) is 20.8 Å². The van der Waals surface area contributed by atoms with Crippen LogP contribution in [0.15, 0.2) is 69.9 Å². The van der Waals surface area contributed by atoms with E-state index in [2.05, 4.69) is 0 Å². The Balaban J connectivity index is 1.76. The third kappa shape index (κ3) is 3.49. The van der Waals surface area contributed by atoms with Gasteiger partial charge in [0.15, 0.2) is 5.43 Å². The molecule has 0 unspecified atom stereocenters. The molecule has 1 aliphatic rings. The summed E-state index contributed by atoms with van der Waals surface area (Å²) in [4.78, 5) is 29.0. The zero-order chi connectivity index (χ0) is 23.3. The number of halogens is 1. The highest BCUT2D eigenvalue weighted by atomic mass is 35.5. The maximum Gasteiger partial charge on any atom is 0.291 e. The molecule has 0 bridgehead atoms. The number of benzene rings is 3. The maximum absolute atomic E-state index is 13.7. The van der Waals surface area contributed by atoms with Gasteiger partial charge in [-0.05, 0) is 66.4 Å². The quantitative estimate of drug-likeness (QED) is 0.386. The summed E-state index contributed by atoms with van der Waals surface area (Å²) in [5, 5.41) is 1.03. The number of nitrogens with zero attached hydrogens (tertiary/aromatic N) is 1. The number of fused-ring (bicyclic) bond motifs is 2. The molecule has 166 valence electrons. The average Bonchev–Trinajstić information content (AvgIpc) is 3.08. The molecule has 0 aliphatic carbocycles. The van der Waals surface area contributed by atoms with E-state index in [-0.39, 0.29) is 23.6 Å². The molecule has 4 aromatic rings. The minimum absolute atomic E-state index is 0.0793. The zero-order valence-electron chi connectivity index (χ0n) is 18.5. The monoisotopic (exact) mass is 459 g/mol. The van der Waals surface area contributed by atoms with Gasteiger partial charge < -0.3 is 14.1 Å². The minimum Gasteiger partial charge on any atom is -0.497 e. The summed E-state index contributed by atoms with van der Waals surface area (Å²) >= 11 is 6.41. The normalized spacial score (nSPS) is 15.2. The van der Waals surface area contributed by atoms with Gasteiger partial charge in [-0.15, -0.1) is 0 Å². The molecule has 0 spiro atoms. The zero-order valence-corrected chi connectivity index (χ0v) is 19.3. The molecule has 0 radical (unpaired) electrons. The van der Waals surface area contributed by atoms with Gasteiger partial charge in [0.2, 0.25) is 5.76 Å². The topological polar surface area (TPSA) is 59.8 Å². The number of carbonyl (C=O) groups excluding carboxylic acids is 1. The molecule has 1 amide bonds. The summed E-state index contributed by atoms with van der Waals surface area (Å²) in [7, 11) is 1.58. The van der Waals surface area contributed by atoms with Gasteiger partial charge in [-0.2, -0.15) is 0 Å². The number of hydrogen-bond acceptors (Lipinski definition) is 4. The summed E-state index contributed by atoms with van der Waals surface area (Å²) in [6.07, 6.45) is 0. The van der Waals surface area contributed by atoms with Crippen molar-refractivity contribution in [1.82, 2.24) is 4.90 Å². The molecule has 5 nitrogen and oxygen atoms in total. The molecular weight excluding hydrogens is 438 g/mol. The lowest BCUT2D eigenvalue weighted by Gasteiger charge is -2.26. The van der Waals surface area contributed by atoms with Crippen molar-refractivity contribution in [3.63, 3.8) is 0 Å². The molecule has 0 saturated heterocycles. The first kappa shape index (κ1) is 21.3. The van der Waals surface area contributed by atoms with Crippen molar-refractivity contribution in [1.29, 1.82) is 0 Å². The highest BCUT2D eigenvalue weighted by Crippen LogP contribution is 2.40. The second-order valence-electron chi connectivity index (χ2n) is 8.31. The smallest absolute Gasteiger partial charge is 0.291 e. The summed E-state index contributed by atoms with van der Waals surface area (Å²) < 4.78 is 11.5. The molecule has 2 heterocycles. The Morgan fingerprint density at radius 2 is 1.76 bits per heavy atom. The van der Waals surface area contributed by atoms with Crippen LogP contribution in [0.3, 0.4) is 0 Å². The van der Waals surface area contributed by atoms with Crippen LogP contribution in [0.4, 0.5) is 0 Å². The Labute approximate surface area is 196 Å². The summed E-state index contributed by atoms with van der Waals surface area (Å²) in [6.45, 7) is 4.14. The summed E-state index contributed by atoms with van der Waals surface area (Å²) in [5.74, 6) is 0.383. The Kier molecular flexibility index (Phi) is 5.22. The van der Waals surface area contributed by atoms with Crippen molar-refractivity contribution in [3.8, 4) is 5.75 Å². The molecule has 33 heavy (non-hydrogen) atoms. The van der Waals surface area contributed by atoms with Crippen LogP contribution in [0.2, 0.25) is 5.02 Å². The van der Waals surface area contributed by atoms with E-state index in [1.165, 1.54) is 0 Å². The molecule has 1 aromatic heterocycles. The SMILES string of the molecule is COc1cccc([C@H]2c3c(oc4cc(C)c(C)cc4c3=O)C(=O)N2Cc2ccccc2Cl)c1. The fourth-order valence-electron chi connectivity index (χ4n) is 4.41. The van der Waals surface area contributed by atoms with E-state index in [9.17, 15) is 9.59 Å². The third-order valence-corrected chi connectivity index (χ3v) is 6.66. The lowest BCUT2D eigenvalue weighted by molar-refractivity contribution is 0.0714. The second-order valence-corrected chi connectivity index (χ2v) is 8.72. The number of rotatable bonds is 4. The third-order valence-electron chi connectivity index (χ3n) is 6.29. The molecule has 0 N–H and O–H groups in total. The Morgan fingerprint density at radius 1 is 1.00 bits per heavy atom. The number of aryl methyl sites for hydroxylation is 2. The van der Waals surface area contributed by atoms with Crippen LogP contribution in [-0.4, -0.2) is 17.9 Å². The minimum atomic E-state index is -0.624. The first-order valence-electron chi connectivity index (χ1n) is 10.7. The number of methoxy groups -OCH3 is 1. The van der Waals surface area contributed by atoms with Gasteiger partial charge in [-0.1, -0.05) is 41.9 Å². The van der Waals surface area contributed by atoms with Gasteiger partial charge >= 0.3 is 0 Å². The summed E-state index contributed by atoms with van der Waals surface area (Å²) in [6, 6.07) is 17.8.